The van der Waals surface area contributed by atoms with E-state index in [1.165, 1.54) is 21.4 Å². The first-order valence-corrected chi connectivity index (χ1v) is 12.9. The van der Waals surface area contributed by atoms with E-state index in [1.54, 1.807) is 17.7 Å². The van der Waals surface area contributed by atoms with Crippen molar-refractivity contribution in [1.82, 2.24) is 14.9 Å². The van der Waals surface area contributed by atoms with Crippen molar-refractivity contribution in [2.75, 3.05) is 31.1 Å². The number of aryl methyl sites for hydroxylation is 2. The Bertz CT molecular complexity index is 1140. The first-order chi connectivity index (χ1) is 16.1. The molecule has 0 bridgehead atoms. The summed E-state index contributed by atoms with van der Waals surface area (Å²) in [7, 11) is 0. The molecule has 1 atom stereocenters. The number of piperidine rings is 1. The summed E-state index contributed by atoms with van der Waals surface area (Å²) in [6.45, 7) is 9.54. The van der Waals surface area contributed by atoms with Gasteiger partial charge in [0.05, 0.1) is 18.0 Å². The van der Waals surface area contributed by atoms with Crippen LogP contribution in [0.3, 0.4) is 0 Å². The standard InChI is InChI=1S/C26H32N4O2S/c1-4-32-21-9-7-19(8-10-21)22-6-5-13-30(22)26(31)20-11-14-29(15-12-20)24-23-17(2)18(3)33-25(23)28-16-27-24/h7-10,16,20,22H,4-6,11-15H2,1-3H3. The Hall–Kier alpha value is -2.67. The smallest absolute Gasteiger partial charge is 0.226 e. The van der Waals surface area contributed by atoms with Gasteiger partial charge < -0.3 is 14.5 Å². The fraction of sp³-hybridized carbons (Fsp3) is 0.500. The SMILES string of the molecule is CCOc1ccc(C2CCCN2C(=O)C2CCN(c3ncnc4sc(C)c(C)c34)CC2)cc1. The Balaban J connectivity index is 1.27. The average Bonchev–Trinajstić information content (AvgIpc) is 3.44. The molecule has 0 radical (unpaired) electrons. The molecule has 33 heavy (non-hydrogen) atoms. The largest absolute Gasteiger partial charge is 0.494 e. The number of anilines is 1. The number of ether oxygens (including phenoxy) is 1. The van der Waals surface area contributed by atoms with Crippen molar-refractivity contribution >= 4 is 33.3 Å². The number of hydrogen-bond donors (Lipinski definition) is 0. The van der Waals surface area contributed by atoms with Gasteiger partial charge in [-0.1, -0.05) is 12.1 Å². The van der Waals surface area contributed by atoms with E-state index < -0.39 is 0 Å². The van der Waals surface area contributed by atoms with E-state index in [4.69, 9.17) is 4.74 Å². The van der Waals surface area contributed by atoms with E-state index in [-0.39, 0.29) is 12.0 Å². The number of carbonyl (C=O) groups excluding carboxylic acids is 1. The van der Waals surface area contributed by atoms with Gasteiger partial charge in [-0.3, -0.25) is 4.79 Å². The second kappa shape index (κ2) is 9.29. The lowest BCUT2D eigenvalue weighted by Gasteiger charge is -2.35. The molecule has 0 spiro atoms. The van der Waals surface area contributed by atoms with Crippen molar-refractivity contribution in [1.29, 1.82) is 0 Å². The summed E-state index contributed by atoms with van der Waals surface area (Å²) < 4.78 is 5.58. The minimum Gasteiger partial charge on any atom is -0.494 e. The number of nitrogens with zero attached hydrogens (tertiary/aromatic N) is 4. The number of hydrogen-bond acceptors (Lipinski definition) is 6. The molecule has 4 heterocycles. The molecule has 2 fully saturated rings. The lowest BCUT2D eigenvalue weighted by Crippen LogP contribution is -2.42. The van der Waals surface area contributed by atoms with Gasteiger partial charge in [0.25, 0.3) is 0 Å². The molecule has 2 aromatic heterocycles. The van der Waals surface area contributed by atoms with Crippen LogP contribution in [0, 0.1) is 19.8 Å². The summed E-state index contributed by atoms with van der Waals surface area (Å²) in [4.78, 5) is 29.5. The molecule has 2 aliphatic heterocycles. The van der Waals surface area contributed by atoms with Crippen molar-refractivity contribution in [2.45, 2.75) is 52.5 Å². The van der Waals surface area contributed by atoms with Crippen LogP contribution >= 0.6 is 11.3 Å². The number of likely N-dealkylation sites (tertiary alicyclic amines) is 1. The van der Waals surface area contributed by atoms with Gasteiger partial charge in [0.1, 0.15) is 22.7 Å². The second-order valence-corrected chi connectivity index (χ2v) is 10.3. The Labute approximate surface area is 199 Å². The lowest BCUT2D eigenvalue weighted by atomic mass is 9.94. The normalized spacial score (nSPS) is 19.4. The van der Waals surface area contributed by atoms with Gasteiger partial charge in [-0.05, 0) is 69.7 Å². The Kier molecular flexibility index (Phi) is 6.23. The number of amides is 1. The Morgan fingerprint density at radius 3 is 2.58 bits per heavy atom. The van der Waals surface area contributed by atoms with E-state index in [9.17, 15) is 4.79 Å². The number of fused-ring (bicyclic) bond motifs is 1. The van der Waals surface area contributed by atoms with Crippen LogP contribution in [0.25, 0.3) is 10.2 Å². The average molecular weight is 465 g/mol. The highest BCUT2D eigenvalue weighted by Crippen LogP contribution is 2.38. The number of carbonyl (C=O) groups is 1. The van der Waals surface area contributed by atoms with E-state index in [0.29, 0.717) is 12.5 Å². The summed E-state index contributed by atoms with van der Waals surface area (Å²) in [6, 6.07) is 8.47. The maximum Gasteiger partial charge on any atom is 0.226 e. The maximum absolute atomic E-state index is 13.5. The van der Waals surface area contributed by atoms with Gasteiger partial charge in [0.2, 0.25) is 5.91 Å². The van der Waals surface area contributed by atoms with Crippen molar-refractivity contribution in [3.05, 3.63) is 46.6 Å². The van der Waals surface area contributed by atoms with E-state index in [2.05, 4.69) is 45.7 Å². The highest BCUT2D eigenvalue weighted by Gasteiger charge is 2.36. The first-order valence-electron chi connectivity index (χ1n) is 12.1. The van der Waals surface area contributed by atoms with Crippen LogP contribution < -0.4 is 9.64 Å². The summed E-state index contributed by atoms with van der Waals surface area (Å²) in [5.41, 5.74) is 2.49. The molecule has 3 aromatic rings. The fourth-order valence-corrected chi connectivity index (χ4v) is 6.30. The minimum atomic E-state index is 0.0900. The topological polar surface area (TPSA) is 58.6 Å². The van der Waals surface area contributed by atoms with Crippen LogP contribution in [0.15, 0.2) is 30.6 Å². The summed E-state index contributed by atoms with van der Waals surface area (Å²) >= 11 is 1.73. The highest BCUT2D eigenvalue weighted by atomic mass is 32.1. The molecule has 7 heteroatoms. The molecule has 2 aliphatic rings. The quantitative estimate of drug-likeness (QED) is 0.514. The predicted octanol–water partition coefficient (Wildman–Crippen LogP) is 5.29. The molecular formula is C26H32N4O2S. The molecule has 2 saturated heterocycles. The second-order valence-electron chi connectivity index (χ2n) is 9.11. The third-order valence-corrected chi connectivity index (χ3v) is 8.32. The van der Waals surface area contributed by atoms with Crippen molar-refractivity contribution in [3.8, 4) is 5.75 Å². The van der Waals surface area contributed by atoms with Crippen LogP contribution in [0.2, 0.25) is 0 Å². The minimum absolute atomic E-state index is 0.0900. The molecule has 0 N–H and O–H groups in total. The molecule has 1 aromatic carbocycles. The molecule has 0 saturated carbocycles. The van der Waals surface area contributed by atoms with Crippen molar-refractivity contribution < 1.29 is 9.53 Å². The van der Waals surface area contributed by atoms with Crippen LogP contribution in [0.4, 0.5) is 5.82 Å². The van der Waals surface area contributed by atoms with Gasteiger partial charge in [-0.15, -0.1) is 11.3 Å². The summed E-state index contributed by atoms with van der Waals surface area (Å²) in [6.07, 6.45) is 5.53. The van der Waals surface area contributed by atoms with E-state index in [1.807, 2.05) is 19.1 Å². The lowest BCUT2D eigenvalue weighted by molar-refractivity contribution is -0.137. The van der Waals surface area contributed by atoms with Gasteiger partial charge >= 0.3 is 0 Å². The van der Waals surface area contributed by atoms with Crippen LogP contribution in [0.1, 0.15) is 54.7 Å². The molecule has 174 valence electrons. The van der Waals surface area contributed by atoms with Gasteiger partial charge in [-0.25, -0.2) is 9.97 Å². The highest BCUT2D eigenvalue weighted by molar-refractivity contribution is 7.18. The van der Waals surface area contributed by atoms with E-state index >= 15 is 0 Å². The number of aromatic nitrogens is 2. The third kappa shape index (κ3) is 4.19. The summed E-state index contributed by atoms with van der Waals surface area (Å²) in [5.74, 6) is 2.33. The zero-order valence-corrected chi connectivity index (χ0v) is 20.5. The predicted molar refractivity (Wildman–Crippen MR) is 133 cm³/mol. The van der Waals surface area contributed by atoms with Crippen LogP contribution in [-0.4, -0.2) is 47.0 Å². The zero-order valence-electron chi connectivity index (χ0n) is 19.7. The van der Waals surface area contributed by atoms with Gasteiger partial charge in [0, 0.05) is 30.4 Å². The van der Waals surface area contributed by atoms with Crippen LogP contribution in [-0.2, 0) is 4.79 Å². The molecule has 1 unspecified atom stereocenters. The maximum atomic E-state index is 13.5. The fourth-order valence-electron chi connectivity index (χ4n) is 5.31. The Morgan fingerprint density at radius 1 is 1.09 bits per heavy atom. The molecular weight excluding hydrogens is 432 g/mol. The third-order valence-electron chi connectivity index (χ3n) is 7.20. The zero-order chi connectivity index (χ0) is 22.9. The van der Waals surface area contributed by atoms with Gasteiger partial charge in [-0.2, -0.15) is 0 Å². The van der Waals surface area contributed by atoms with E-state index in [0.717, 1.165) is 61.7 Å². The molecule has 6 nitrogen and oxygen atoms in total. The van der Waals surface area contributed by atoms with Crippen molar-refractivity contribution in [2.24, 2.45) is 5.92 Å². The number of thiophene rings is 1. The molecule has 0 aliphatic carbocycles. The summed E-state index contributed by atoms with van der Waals surface area (Å²) in [5, 5.41) is 1.18. The number of benzene rings is 1. The van der Waals surface area contributed by atoms with Gasteiger partial charge in [0.15, 0.2) is 0 Å². The molecule has 5 rings (SSSR count). The Morgan fingerprint density at radius 2 is 1.85 bits per heavy atom. The number of rotatable bonds is 5. The monoisotopic (exact) mass is 464 g/mol. The first kappa shape index (κ1) is 22.1. The van der Waals surface area contributed by atoms with Crippen molar-refractivity contribution in [3.63, 3.8) is 0 Å². The molecule has 1 amide bonds. The van der Waals surface area contributed by atoms with Crippen LogP contribution in [0.5, 0.6) is 5.75 Å².